The first kappa shape index (κ1) is 18.3. The molecule has 0 aromatic heterocycles. The van der Waals surface area contributed by atoms with E-state index in [-0.39, 0.29) is 0 Å². The topological polar surface area (TPSA) is 21.3 Å². The average molecular weight is 366 g/mol. The van der Waals surface area contributed by atoms with Crippen LogP contribution < -0.4 is 10.1 Å². The minimum atomic E-state index is 0.515. The van der Waals surface area contributed by atoms with Crippen molar-refractivity contribution >= 4 is 17.3 Å². The molecule has 0 aliphatic carbocycles. The molecule has 3 aromatic rings. The Kier molecular flexibility index (Phi) is 6.19. The number of hydrogen-bond acceptors (Lipinski definition) is 2. The molecular weight excluding hydrogens is 342 g/mol. The van der Waals surface area contributed by atoms with Crippen LogP contribution in [0.1, 0.15) is 29.2 Å². The lowest BCUT2D eigenvalue weighted by molar-refractivity contribution is 0.306. The average Bonchev–Trinajstić information content (AvgIpc) is 2.67. The van der Waals surface area contributed by atoms with Crippen LogP contribution in [0, 0.1) is 6.92 Å². The molecule has 0 spiro atoms. The molecule has 0 aliphatic rings. The Hall–Kier alpha value is -2.45. The van der Waals surface area contributed by atoms with E-state index in [4.69, 9.17) is 16.3 Å². The molecule has 0 radical (unpaired) electrons. The van der Waals surface area contributed by atoms with Crippen LogP contribution in [0.2, 0.25) is 5.02 Å². The molecule has 2 nitrogen and oxygen atoms in total. The van der Waals surface area contributed by atoms with E-state index < -0.39 is 0 Å². The summed E-state index contributed by atoms with van der Waals surface area (Å²) >= 11 is 6.41. The van der Waals surface area contributed by atoms with Crippen LogP contribution in [-0.2, 0) is 19.6 Å². The van der Waals surface area contributed by atoms with Crippen molar-refractivity contribution in [1.29, 1.82) is 0 Å². The lowest BCUT2D eigenvalue weighted by Gasteiger charge is -2.13. The lowest BCUT2D eigenvalue weighted by atomic mass is 10.1. The van der Waals surface area contributed by atoms with E-state index in [2.05, 4.69) is 73.8 Å². The number of aryl methyl sites for hydroxylation is 2. The van der Waals surface area contributed by atoms with Crippen molar-refractivity contribution in [2.75, 3.05) is 5.32 Å². The van der Waals surface area contributed by atoms with Gasteiger partial charge in [0, 0.05) is 12.2 Å². The third kappa shape index (κ3) is 4.80. The fourth-order valence-corrected chi connectivity index (χ4v) is 3.07. The summed E-state index contributed by atoms with van der Waals surface area (Å²) in [5.74, 6) is 0.713. The summed E-state index contributed by atoms with van der Waals surface area (Å²) in [5.41, 5.74) is 5.99. The fraction of sp³-hybridized carbons (Fsp3) is 0.217. The normalized spacial score (nSPS) is 10.6. The van der Waals surface area contributed by atoms with Gasteiger partial charge in [0.15, 0.2) is 0 Å². The van der Waals surface area contributed by atoms with E-state index in [0.29, 0.717) is 17.4 Å². The Balaban J connectivity index is 1.61. The number of anilines is 1. The van der Waals surface area contributed by atoms with Gasteiger partial charge in [-0.3, -0.25) is 0 Å². The Labute approximate surface area is 160 Å². The van der Waals surface area contributed by atoms with E-state index in [1.165, 1.54) is 16.8 Å². The van der Waals surface area contributed by atoms with Crippen molar-refractivity contribution in [1.82, 2.24) is 0 Å². The molecule has 0 amide bonds. The predicted octanol–water partition coefficient (Wildman–Crippen LogP) is 6.40. The van der Waals surface area contributed by atoms with Gasteiger partial charge in [0.05, 0.1) is 5.02 Å². The van der Waals surface area contributed by atoms with Gasteiger partial charge in [0.1, 0.15) is 12.4 Å². The second kappa shape index (κ2) is 8.77. The maximum Gasteiger partial charge on any atom is 0.138 e. The summed E-state index contributed by atoms with van der Waals surface area (Å²) < 4.78 is 5.86. The van der Waals surface area contributed by atoms with Crippen molar-refractivity contribution in [3.63, 3.8) is 0 Å². The number of halogens is 1. The SMILES string of the molecule is CCc1ccccc1NCc1ccc(OCc2ccc(C)cc2)c(Cl)c1. The van der Waals surface area contributed by atoms with Crippen LogP contribution in [0.3, 0.4) is 0 Å². The number of ether oxygens (including phenoxy) is 1. The zero-order valence-corrected chi connectivity index (χ0v) is 16.0. The number of hydrogen-bond donors (Lipinski definition) is 1. The van der Waals surface area contributed by atoms with Crippen LogP contribution in [0.5, 0.6) is 5.75 Å². The van der Waals surface area contributed by atoms with Crippen molar-refractivity contribution in [3.8, 4) is 5.75 Å². The van der Waals surface area contributed by atoms with E-state index in [9.17, 15) is 0 Å². The van der Waals surface area contributed by atoms with Crippen LogP contribution in [0.4, 0.5) is 5.69 Å². The first-order chi connectivity index (χ1) is 12.7. The second-order valence-electron chi connectivity index (χ2n) is 6.40. The molecule has 134 valence electrons. The number of nitrogens with one attached hydrogen (secondary N) is 1. The minimum Gasteiger partial charge on any atom is -0.487 e. The highest BCUT2D eigenvalue weighted by Gasteiger charge is 2.05. The smallest absolute Gasteiger partial charge is 0.138 e. The Bertz CT molecular complexity index is 858. The zero-order valence-electron chi connectivity index (χ0n) is 15.3. The summed E-state index contributed by atoms with van der Waals surface area (Å²) in [4.78, 5) is 0. The van der Waals surface area contributed by atoms with Gasteiger partial charge in [-0.15, -0.1) is 0 Å². The molecule has 0 atom stereocenters. The molecule has 3 rings (SSSR count). The van der Waals surface area contributed by atoms with Crippen molar-refractivity contribution in [2.45, 2.75) is 33.4 Å². The molecule has 0 aliphatic heterocycles. The summed E-state index contributed by atoms with van der Waals surface area (Å²) in [5, 5.41) is 4.13. The van der Waals surface area contributed by atoms with Crippen LogP contribution in [0.15, 0.2) is 66.7 Å². The van der Waals surface area contributed by atoms with E-state index in [1.807, 2.05) is 12.1 Å². The fourth-order valence-electron chi connectivity index (χ4n) is 2.82. The summed E-state index contributed by atoms with van der Waals surface area (Å²) in [6.45, 7) is 5.49. The summed E-state index contributed by atoms with van der Waals surface area (Å²) in [7, 11) is 0. The van der Waals surface area contributed by atoms with Gasteiger partial charge in [0.2, 0.25) is 0 Å². The predicted molar refractivity (Wildman–Crippen MR) is 110 cm³/mol. The van der Waals surface area contributed by atoms with Gasteiger partial charge in [-0.1, -0.05) is 72.6 Å². The van der Waals surface area contributed by atoms with Crippen LogP contribution in [0.25, 0.3) is 0 Å². The van der Waals surface area contributed by atoms with Crippen LogP contribution in [-0.4, -0.2) is 0 Å². The van der Waals surface area contributed by atoms with Gasteiger partial charge < -0.3 is 10.1 Å². The van der Waals surface area contributed by atoms with E-state index >= 15 is 0 Å². The van der Waals surface area contributed by atoms with Gasteiger partial charge in [-0.2, -0.15) is 0 Å². The Morgan fingerprint density at radius 1 is 0.923 bits per heavy atom. The highest BCUT2D eigenvalue weighted by molar-refractivity contribution is 6.32. The molecule has 0 heterocycles. The number of benzene rings is 3. The standard InChI is InChI=1S/C23H24ClNO/c1-3-20-6-4-5-7-22(20)25-15-19-12-13-23(21(24)14-19)26-16-18-10-8-17(2)9-11-18/h4-14,25H,3,15-16H2,1-2H3. The van der Waals surface area contributed by atoms with E-state index in [1.54, 1.807) is 0 Å². The van der Waals surface area contributed by atoms with Crippen LogP contribution >= 0.6 is 11.6 Å². The maximum absolute atomic E-state index is 6.41. The monoisotopic (exact) mass is 365 g/mol. The molecule has 26 heavy (non-hydrogen) atoms. The van der Waals surface area contributed by atoms with Crippen molar-refractivity contribution < 1.29 is 4.74 Å². The molecule has 0 saturated carbocycles. The van der Waals surface area contributed by atoms with Gasteiger partial charge >= 0.3 is 0 Å². The molecule has 0 saturated heterocycles. The van der Waals surface area contributed by atoms with Gasteiger partial charge in [-0.05, 0) is 48.2 Å². The molecule has 0 unspecified atom stereocenters. The minimum absolute atomic E-state index is 0.515. The number of rotatable bonds is 7. The van der Waals surface area contributed by atoms with E-state index in [0.717, 1.165) is 24.1 Å². The molecular formula is C23H24ClNO. The highest BCUT2D eigenvalue weighted by Crippen LogP contribution is 2.27. The molecule has 3 heteroatoms. The third-order valence-electron chi connectivity index (χ3n) is 4.39. The molecule has 0 bridgehead atoms. The lowest BCUT2D eigenvalue weighted by Crippen LogP contribution is -2.02. The summed E-state index contributed by atoms with van der Waals surface area (Å²) in [6.07, 6.45) is 1.01. The van der Waals surface area contributed by atoms with Crippen molar-refractivity contribution in [2.24, 2.45) is 0 Å². The molecule has 3 aromatic carbocycles. The number of para-hydroxylation sites is 1. The maximum atomic E-state index is 6.41. The first-order valence-electron chi connectivity index (χ1n) is 8.94. The Morgan fingerprint density at radius 3 is 2.38 bits per heavy atom. The highest BCUT2D eigenvalue weighted by atomic mass is 35.5. The third-order valence-corrected chi connectivity index (χ3v) is 4.69. The zero-order chi connectivity index (χ0) is 18.4. The summed E-state index contributed by atoms with van der Waals surface area (Å²) in [6, 6.07) is 22.7. The first-order valence-corrected chi connectivity index (χ1v) is 9.32. The Morgan fingerprint density at radius 2 is 1.65 bits per heavy atom. The van der Waals surface area contributed by atoms with Gasteiger partial charge in [-0.25, -0.2) is 0 Å². The quantitative estimate of drug-likeness (QED) is 0.522. The van der Waals surface area contributed by atoms with Crippen molar-refractivity contribution in [3.05, 3.63) is 94.0 Å². The molecule has 0 fully saturated rings. The second-order valence-corrected chi connectivity index (χ2v) is 6.81. The molecule has 1 N–H and O–H groups in total. The van der Waals surface area contributed by atoms with Gasteiger partial charge in [0.25, 0.3) is 0 Å². The largest absolute Gasteiger partial charge is 0.487 e.